The van der Waals surface area contributed by atoms with Gasteiger partial charge < -0.3 is 24.7 Å². The average Bonchev–Trinajstić information content (AvgIpc) is 2.73. The lowest BCUT2D eigenvalue weighted by Gasteiger charge is -2.27. The van der Waals surface area contributed by atoms with E-state index in [0.717, 1.165) is 23.8 Å². The van der Waals surface area contributed by atoms with Crippen LogP contribution in [0.4, 0.5) is 0 Å². The second-order valence-corrected chi connectivity index (χ2v) is 7.71. The summed E-state index contributed by atoms with van der Waals surface area (Å²) in [5, 5.41) is 14.3. The maximum absolute atomic E-state index is 12.0. The van der Waals surface area contributed by atoms with Gasteiger partial charge in [-0.05, 0) is 41.3 Å². The predicted molar refractivity (Wildman–Crippen MR) is 117 cm³/mol. The number of halogens is 2. The number of aliphatic hydroxyl groups is 1. The molecule has 0 aliphatic rings. The molecule has 2 aromatic carbocycles. The molecule has 7 nitrogen and oxygen atoms in total. The molecule has 0 heterocycles. The lowest BCUT2D eigenvalue weighted by Crippen LogP contribution is -2.51. The Balaban J connectivity index is 2.25. The number of carbonyl (C=O) groups excluding carboxylic acids is 3. The Morgan fingerprint density at radius 1 is 1.06 bits per heavy atom. The van der Waals surface area contributed by atoms with Crippen LogP contribution < -0.4 is 5.32 Å². The molecule has 2 N–H and O–H groups in total. The Morgan fingerprint density at radius 3 is 2.19 bits per heavy atom. The summed E-state index contributed by atoms with van der Waals surface area (Å²) in [6.45, 7) is -0.234. The van der Waals surface area contributed by atoms with Crippen molar-refractivity contribution in [2.45, 2.75) is 18.6 Å². The highest BCUT2D eigenvalue weighted by molar-refractivity contribution is 6.35. The van der Waals surface area contributed by atoms with Crippen molar-refractivity contribution in [1.29, 1.82) is 0 Å². The van der Waals surface area contributed by atoms with Crippen LogP contribution in [0.2, 0.25) is 10.0 Å². The van der Waals surface area contributed by atoms with Crippen molar-refractivity contribution in [3.05, 3.63) is 58.1 Å². The summed E-state index contributed by atoms with van der Waals surface area (Å²) < 4.78 is 9.37. The van der Waals surface area contributed by atoms with E-state index in [-0.39, 0.29) is 13.0 Å². The predicted octanol–water partition coefficient (Wildman–Crippen LogP) is 2.68. The molecule has 3 unspecified atom stereocenters. The van der Waals surface area contributed by atoms with E-state index in [1.807, 2.05) is 12.1 Å². The SMILES string of the molecule is COCC(=O)NC(Cc1ccc(-c2cc(Cl)cc(Cl)c2)cc1)C(O)C(C=O)C(=O)OC. The quantitative estimate of drug-likeness (QED) is 0.316. The average molecular weight is 468 g/mol. The van der Waals surface area contributed by atoms with Gasteiger partial charge in [-0.1, -0.05) is 47.5 Å². The van der Waals surface area contributed by atoms with Crippen molar-refractivity contribution in [2.24, 2.45) is 5.92 Å². The fourth-order valence-corrected chi connectivity index (χ4v) is 3.63. The molecule has 0 spiro atoms. The number of aliphatic hydroxyl groups excluding tert-OH is 1. The van der Waals surface area contributed by atoms with Crippen molar-refractivity contribution >= 4 is 41.4 Å². The first kappa shape index (κ1) is 24.8. The van der Waals surface area contributed by atoms with Crippen LogP contribution in [0.3, 0.4) is 0 Å². The first-order valence-electron chi connectivity index (χ1n) is 9.34. The third kappa shape index (κ3) is 7.04. The Bertz CT molecular complexity index is 898. The van der Waals surface area contributed by atoms with Crippen molar-refractivity contribution in [3.63, 3.8) is 0 Å². The number of esters is 1. The Hall–Kier alpha value is -2.45. The first-order chi connectivity index (χ1) is 14.8. The number of ether oxygens (including phenoxy) is 2. The summed E-state index contributed by atoms with van der Waals surface area (Å²) in [5.74, 6) is -2.82. The number of methoxy groups -OCH3 is 2. The molecule has 0 fully saturated rings. The number of amides is 1. The Kier molecular flexibility index (Phi) is 9.45. The van der Waals surface area contributed by atoms with E-state index in [2.05, 4.69) is 10.1 Å². The van der Waals surface area contributed by atoms with Crippen molar-refractivity contribution < 1.29 is 29.0 Å². The molecule has 2 rings (SSSR count). The van der Waals surface area contributed by atoms with Crippen LogP contribution in [-0.4, -0.2) is 56.2 Å². The maximum atomic E-state index is 12.0. The zero-order chi connectivity index (χ0) is 23.0. The van der Waals surface area contributed by atoms with E-state index in [9.17, 15) is 19.5 Å². The summed E-state index contributed by atoms with van der Waals surface area (Å²) in [7, 11) is 2.47. The molecule has 0 saturated carbocycles. The van der Waals surface area contributed by atoms with Crippen LogP contribution in [0.1, 0.15) is 5.56 Å². The monoisotopic (exact) mass is 467 g/mol. The minimum absolute atomic E-state index is 0.161. The van der Waals surface area contributed by atoms with Crippen LogP contribution in [0.15, 0.2) is 42.5 Å². The maximum Gasteiger partial charge on any atom is 0.318 e. The number of hydrogen-bond donors (Lipinski definition) is 2. The summed E-state index contributed by atoms with van der Waals surface area (Å²) in [4.78, 5) is 35.2. The van der Waals surface area contributed by atoms with E-state index < -0.39 is 29.9 Å². The molecule has 0 aliphatic heterocycles. The topological polar surface area (TPSA) is 102 Å². The molecule has 31 heavy (non-hydrogen) atoms. The summed E-state index contributed by atoms with van der Waals surface area (Å²) in [5.41, 5.74) is 2.46. The van der Waals surface area contributed by atoms with Gasteiger partial charge in [0.2, 0.25) is 5.91 Å². The standard InChI is InChI=1S/C22H23Cl2NO6/c1-30-12-20(27)25-19(21(28)18(11-26)22(29)31-2)7-13-3-5-14(6-4-13)15-8-16(23)10-17(24)9-15/h3-6,8-11,18-19,21,28H,7,12H2,1-2H3,(H,25,27). The second-order valence-electron chi connectivity index (χ2n) is 6.84. The first-order valence-corrected chi connectivity index (χ1v) is 10.1. The highest BCUT2D eigenvalue weighted by Crippen LogP contribution is 2.27. The Labute approximate surface area is 190 Å². The van der Waals surface area contributed by atoms with Gasteiger partial charge in [-0.3, -0.25) is 9.59 Å². The fraction of sp³-hybridized carbons (Fsp3) is 0.318. The van der Waals surface area contributed by atoms with E-state index in [4.69, 9.17) is 27.9 Å². The molecule has 1 amide bonds. The summed E-state index contributed by atoms with van der Waals surface area (Å²) in [6.07, 6.45) is -1.02. The molecule has 9 heteroatoms. The lowest BCUT2D eigenvalue weighted by atomic mass is 9.91. The van der Waals surface area contributed by atoms with Gasteiger partial charge in [-0.2, -0.15) is 0 Å². The van der Waals surface area contributed by atoms with Gasteiger partial charge >= 0.3 is 5.97 Å². The highest BCUT2D eigenvalue weighted by atomic mass is 35.5. The van der Waals surface area contributed by atoms with Crippen LogP contribution in [0.25, 0.3) is 11.1 Å². The fourth-order valence-electron chi connectivity index (χ4n) is 3.11. The number of benzene rings is 2. The van der Waals surface area contributed by atoms with Crippen molar-refractivity contribution in [2.75, 3.05) is 20.8 Å². The van der Waals surface area contributed by atoms with Crippen LogP contribution in [-0.2, 0) is 30.3 Å². The van der Waals surface area contributed by atoms with E-state index in [0.29, 0.717) is 16.3 Å². The molecule has 0 radical (unpaired) electrons. The normalized spacial score (nSPS) is 13.7. The third-order valence-electron chi connectivity index (χ3n) is 4.63. The molecule has 0 aliphatic carbocycles. The van der Waals surface area contributed by atoms with Crippen LogP contribution >= 0.6 is 23.2 Å². The van der Waals surface area contributed by atoms with Crippen LogP contribution in [0, 0.1) is 5.92 Å². The number of carbonyl (C=O) groups is 3. The second kappa shape index (κ2) is 11.8. The summed E-state index contributed by atoms with van der Waals surface area (Å²) in [6, 6.07) is 11.6. The number of rotatable bonds is 10. The minimum Gasteiger partial charge on any atom is -0.468 e. The molecule has 0 aromatic heterocycles. The van der Waals surface area contributed by atoms with E-state index >= 15 is 0 Å². The zero-order valence-corrected chi connectivity index (χ0v) is 18.5. The van der Waals surface area contributed by atoms with E-state index in [1.54, 1.807) is 30.3 Å². The number of hydrogen-bond acceptors (Lipinski definition) is 6. The van der Waals surface area contributed by atoms with Gasteiger partial charge in [0.25, 0.3) is 0 Å². The minimum atomic E-state index is -1.49. The third-order valence-corrected chi connectivity index (χ3v) is 5.06. The number of nitrogens with one attached hydrogen (secondary N) is 1. The molecule has 2 aromatic rings. The molecule has 166 valence electrons. The van der Waals surface area contributed by atoms with Gasteiger partial charge in [0, 0.05) is 17.2 Å². The van der Waals surface area contributed by atoms with Gasteiger partial charge in [-0.25, -0.2) is 0 Å². The lowest BCUT2D eigenvalue weighted by molar-refractivity contribution is -0.152. The Morgan fingerprint density at radius 2 is 1.68 bits per heavy atom. The smallest absolute Gasteiger partial charge is 0.318 e. The number of aldehydes is 1. The van der Waals surface area contributed by atoms with Gasteiger partial charge in [0.1, 0.15) is 18.8 Å². The van der Waals surface area contributed by atoms with Crippen LogP contribution in [0.5, 0.6) is 0 Å². The molecule has 3 atom stereocenters. The van der Waals surface area contributed by atoms with Crippen molar-refractivity contribution in [3.8, 4) is 11.1 Å². The molecule has 0 saturated heterocycles. The van der Waals surface area contributed by atoms with Gasteiger partial charge in [0.05, 0.1) is 19.3 Å². The summed E-state index contributed by atoms with van der Waals surface area (Å²) >= 11 is 12.1. The van der Waals surface area contributed by atoms with Gasteiger partial charge in [0.15, 0.2) is 0 Å². The van der Waals surface area contributed by atoms with Gasteiger partial charge in [-0.15, -0.1) is 0 Å². The molecule has 0 bridgehead atoms. The van der Waals surface area contributed by atoms with Crippen molar-refractivity contribution in [1.82, 2.24) is 5.32 Å². The molecular weight excluding hydrogens is 445 g/mol. The molecular formula is C22H23Cl2NO6. The van der Waals surface area contributed by atoms with E-state index in [1.165, 1.54) is 7.11 Å². The highest BCUT2D eigenvalue weighted by Gasteiger charge is 2.34. The zero-order valence-electron chi connectivity index (χ0n) is 17.0. The largest absolute Gasteiger partial charge is 0.468 e.